The minimum atomic E-state index is 0.290. The number of rotatable bonds is 3. The Bertz CT molecular complexity index is 346. The van der Waals surface area contributed by atoms with Crippen LogP contribution in [0.4, 0.5) is 5.69 Å². The molecule has 16 heavy (non-hydrogen) atoms. The van der Waals surface area contributed by atoms with Gasteiger partial charge in [0, 0.05) is 11.6 Å². The topological polar surface area (TPSA) is 12.0 Å². The van der Waals surface area contributed by atoms with Crippen LogP contribution in [0.3, 0.4) is 0 Å². The van der Waals surface area contributed by atoms with Crippen LogP contribution in [-0.4, -0.2) is 6.54 Å². The highest BCUT2D eigenvalue weighted by molar-refractivity contribution is 6.41. The Kier molecular flexibility index (Phi) is 4.78. The van der Waals surface area contributed by atoms with E-state index < -0.39 is 0 Å². The molecule has 0 saturated heterocycles. The van der Waals surface area contributed by atoms with Gasteiger partial charge in [0.25, 0.3) is 0 Å². The molecule has 0 fully saturated rings. The first-order chi connectivity index (χ1) is 7.29. The van der Waals surface area contributed by atoms with Gasteiger partial charge in [-0.2, -0.15) is 0 Å². The first-order valence-electron chi connectivity index (χ1n) is 5.18. The van der Waals surface area contributed by atoms with E-state index in [4.69, 9.17) is 34.8 Å². The van der Waals surface area contributed by atoms with Crippen LogP contribution in [-0.2, 0) is 0 Å². The van der Waals surface area contributed by atoms with E-state index in [1.165, 1.54) is 0 Å². The molecule has 1 aromatic carbocycles. The lowest BCUT2D eigenvalue weighted by Crippen LogP contribution is -2.13. The number of hydrogen-bond acceptors (Lipinski definition) is 1. The van der Waals surface area contributed by atoms with E-state index in [0.717, 1.165) is 18.7 Å². The highest BCUT2D eigenvalue weighted by Gasteiger charge is 2.11. The van der Waals surface area contributed by atoms with Crippen LogP contribution in [0.15, 0.2) is 12.1 Å². The van der Waals surface area contributed by atoms with Crippen LogP contribution in [0.1, 0.15) is 27.2 Å². The number of anilines is 1. The highest BCUT2D eigenvalue weighted by Crippen LogP contribution is 2.33. The molecule has 0 spiro atoms. The molecule has 0 radical (unpaired) electrons. The maximum Gasteiger partial charge on any atom is 0.0720 e. The van der Waals surface area contributed by atoms with E-state index in [1.54, 1.807) is 12.1 Å². The largest absolute Gasteiger partial charge is 0.383 e. The van der Waals surface area contributed by atoms with Gasteiger partial charge >= 0.3 is 0 Å². The van der Waals surface area contributed by atoms with Crippen molar-refractivity contribution in [3.05, 3.63) is 27.2 Å². The molecule has 0 amide bonds. The molecule has 0 heterocycles. The van der Waals surface area contributed by atoms with E-state index in [1.807, 2.05) is 0 Å². The smallest absolute Gasteiger partial charge is 0.0720 e. The second kappa shape index (κ2) is 5.48. The monoisotopic (exact) mass is 279 g/mol. The normalized spacial score (nSPS) is 11.6. The molecule has 1 aromatic rings. The standard InChI is InChI=1S/C12H16Cl3N/c1-12(2,3)4-5-16-11-9(14)6-8(13)7-10(11)15/h6-7,16H,4-5H2,1-3H3. The van der Waals surface area contributed by atoms with Crippen molar-refractivity contribution in [2.75, 3.05) is 11.9 Å². The molecular weight excluding hydrogens is 264 g/mol. The van der Waals surface area contributed by atoms with Gasteiger partial charge in [0.15, 0.2) is 0 Å². The van der Waals surface area contributed by atoms with Crippen molar-refractivity contribution in [3.63, 3.8) is 0 Å². The molecule has 0 aliphatic rings. The zero-order valence-electron chi connectivity index (χ0n) is 9.70. The van der Waals surface area contributed by atoms with Crippen LogP contribution in [0, 0.1) is 5.41 Å². The molecule has 0 aliphatic carbocycles. The number of hydrogen-bond donors (Lipinski definition) is 1. The van der Waals surface area contributed by atoms with Gasteiger partial charge in [-0.25, -0.2) is 0 Å². The van der Waals surface area contributed by atoms with E-state index in [9.17, 15) is 0 Å². The van der Waals surface area contributed by atoms with Crippen molar-refractivity contribution in [2.45, 2.75) is 27.2 Å². The Morgan fingerprint density at radius 1 is 1.06 bits per heavy atom. The molecule has 0 aliphatic heterocycles. The van der Waals surface area contributed by atoms with Crippen molar-refractivity contribution in [2.24, 2.45) is 5.41 Å². The van der Waals surface area contributed by atoms with Crippen LogP contribution in [0.25, 0.3) is 0 Å². The minimum absolute atomic E-state index is 0.290. The van der Waals surface area contributed by atoms with Crippen LogP contribution >= 0.6 is 34.8 Å². The highest BCUT2D eigenvalue weighted by atomic mass is 35.5. The molecule has 0 bridgehead atoms. The molecule has 0 saturated carbocycles. The second-order valence-corrected chi connectivity index (χ2v) is 6.23. The summed E-state index contributed by atoms with van der Waals surface area (Å²) >= 11 is 17.9. The number of nitrogens with one attached hydrogen (secondary N) is 1. The fourth-order valence-corrected chi connectivity index (χ4v) is 2.22. The molecule has 1 rings (SSSR count). The third kappa shape index (κ3) is 4.40. The van der Waals surface area contributed by atoms with Gasteiger partial charge < -0.3 is 5.32 Å². The van der Waals surface area contributed by atoms with Gasteiger partial charge in [-0.1, -0.05) is 55.6 Å². The Morgan fingerprint density at radius 3 is 2.00 bits per heavy atom. The summed E-state index contributed by atoms with van der Waals surface area (Å²) in [5, 5.41) is 4.92. The van der Waals surface area contributed by atoms with Gasteiger partial charge in [0.05, 0.1) is 15.7 Å². The Labute approximate surface area is 112 Å². The first kappa shape index (κ1) is 14.0. The third-order valence-corrected chi connectivity index (χ3v) is 3.00. The van der Waals surface area contributed by atoms with Crippen LogP contribution < -0.4 is 5.32 Å². The fourth-order valence-electron chi connectivity index (χ4n) is 1.27. The van der Waals surface area contributed by atoms with Crippen LogP contribution in [0.5, 0.6) is 0 Å². The summed E-state index contributed by atoms with van der Waals surface area (Å²) in [6, 6.07) is 3.38. The summed E-state index contributed by atoms with van der Waals surface area (Å²) in [5.41, 5.74) is 1.05. The Morgan fingerprint density at radius 2 is 1.56 bits per heavy atom. The lowest BCUT2D eigenvalue weighted by Gasteiger charge is -2.19. The minimum Gasteiger partial charge on any atom is -0.383 e. The average molecular weight is 281 g/mol. The van der Waals surface area contributed by atoms with E-state index in [2.05, 4.69) is 26.1 Å². The lowest BCUT2D eigenvalue weighted by molar-refractivity contribution is 0.390. The Balaban J connectivity index is 2.68. The maximum atomic E-state index is 6.05. The van der Waals surface area contributed by atoms with Crippen LogP contribution in [0.2, 0.25) is 15.1 Å². The van der Waals surface area contributed by atoms with Crippen molar-refractivity contribution >= 4 is 40.5 Å². The number of benzene rings is 1. The molecule has 90 valence electrons. The molecule has 0 aromatic heterocycles. The van der Waals surface area contributed by atoms with Gasteiger partial charge in [-0.15, -0.1) is 0 Å². The predicted octanol–water partition coefficient (Wildman–Crippen LogP) is 5.49. The lowest BCUT2D eigenvalue weighted by atomic mass is 9.92. The molecule has 1 N–H and O–H groups in total. The zero-order chi connectivity index (χ0) is 12.3. The zero-order valence-corrected chi connectivity index (χ0v) is 12.0. The fraction of sp³-hybridized carbons (Fsp3) is 0.500. The quantitative estimate of drug-likeness (QED) is 0.771. The summed E-state index contributed by atoms with van der Waals surface area (Å²) in [7, 11) is 0. The molecule has 1 nitrogen and oxygen atoms in total. The van der Waals surface area contributed by atoms with E-state index in [-0.39, 0.29) is 0 Å². The molecule has 4 heteroatoms. The summed E-state index contributed by atoms with van der Waals surface area (Å²) in [6.45, 7) is 7.42. The number of halogens is 3. The van der Waals surface area contributed by atoms with Gasteiger partial charge in [-0.05, 0) is 24.0 Å². The average Bonchev–Trinajstić information content (AvgIpc) is 2.07. The van der Waals surface area contributed by atoms with E-state index in [0.29, 0.717) is 20.5 Å². The molecule has 0 unspecified atom stereocenters. The van der Waals surface area contributed by atoms with Crippen molar-refractivity contribution in [1.82, 2.24) is 0 Å². The molecular formula is C12H16Cl3N. The van der Waals surface area contributed by atoms with Crippen molar-refractivity contribution in [1.29, 1.82) is 0 Å². The van der Waals surface area contributed by atoms with Gasteiger partial charge in [0.1, 0.15) is 0 Å². The van der Waals surface area contributed by atoms with E-state index >= 15 is 0 Å². The van der Waals surface area contributed by atoms with Gasteiger partial charge in [0.2, 0.25) is 0 Å². The summed E-state index contributed by atoms with van der Waals surface area (Å²) < 4.78 is 0. The van der Waals surface area contributed by atoms with Gasteiger partial charge in [-0.3, -0.25) is 0 Å². The second-order valence-electron chi connectivity index (χ2n) is 4.98. The maximum absolute atomic E-state index is 6.05. The Hall–Kier alpha value is -0.110. The molecule has 0 atom stereocenters. The third-order valence-electron chi connectivity index (χ3n) is 2.18. The van der Waals surface area contributed by atoms with Crippen molar-refractivity contribution in [3.8, 4) is 0 Å². The van der Waals surface area contributed by atoms with Crippen molar-refractivity contribution < 1.29 is 0 Å². The first-order valence-corrected chi connectivity index (χ1v) is 6.31. The summed E-state index contributed by atoms with van der Waals surface area (Å²) in [6.07, 6.45) is 1.04. The summed E-state index contributed by atoms with van der Waals surface area (Å²) in [5.74, 6) is 0. The predicted molar refractivity (Wildman–Crippen MR) is 74.0 cm³/mol. The SMILES string of the molecule is CC(C)(C)CCNc1c(Cl)cc(Cl)cc1Cl. The summed E-state index contributed by atoms with van der Waals surface area (Å²) in [4.78, 5) is 0.